The Hall–Kier alpha value is -0.670. The van der Waals surface area contributed by atoms with Crippen molar-refractivity contribution in [1.29, 1.82) is 0 Å². The van der Waals surface area contributed by atoms with Crippen LogP contribution >= 0.6 is 11.6 Å². The van der Waals surface area contributed by atoms with Crippen molar-refractivity contribution in [1.82, 2.24) is 5.32 Å². The summed E-state index contributed by atoms with van der Waals surface area (Å²) in [5, 5.41) is 3.54. The van der Waals surface area contributed by atoms with Crippen LogP contribution in [0.3, 0.4) is 0 Å². The number of nitrogens with one attached hydrogen (secondary N) is 1. The molecular formula is C13H16ClF2N. The van der Waals surface area contributed by atoms with Crippen LogP contribution in [-0.4, -0.2) is 11.4 Å². The Labute approximate surface area is 105 Å². The van der Waals surface area contributed by atoms with Crippen molar-refractivity contribution in [2.24, 2.45) is 0 Å². The molecule has 1 aliphatic carbocycles. The second-order valence-corrected chi connectivity index (χ2v) is 5.18. The summed E-state index contributed by atoms with van der Waals surface area (Å²) >= 11 is 6.01. The highest BCUT2D eigenvalue weighted by molar-refractivity contribution is 6.20. The fourth-order valence-corrected chi connectivity index (χ4v) is 2.44. The second-order valence-electron chi connectivity index (χ2n) is 4.57. The lowest BCUT2D eigenvalue weighted by molar-refractivity contribution is 0.373. The van der Waals surface area contributed by atoms with Crippen LogP contribution in [-0.2, 0) is 6.54 Å². The van der Waals surface area contributed by atoms with Crippen LogP contribution in [0, 0.1) is 11.6 Å². The number of halogens is 3. The summed E-state index contributed by atoms with van der Waals surface area (Å²) in [6.07, 6.45) is 3.99. The lowest BCUT2D eigenvalue weighted by Crippen LogP contribution is -2.33. The molecule has 0 aromatic heterocycles. The van der Waals surface area contributed by atoms with Gasteiger partial charge >= 0.3 is 0 Å². The van der Waals surface area contributed by atoms with Gasteiger partial charge in [-0.1, -0.05) is 0 Å². The van der Waals surface area contributed by atoms with E-state index in [9.17, 15) is 8.78 Å². The Bertz CT molecular complexity index is 376. The maximum absolute atomic E-state index is 13.4. The van der Waals surface area contributed by atoms with E-state index in [0.717, 1.165) is 31.7 Å². The van der Waals surface area contributed by atoms with Crippen LogP contribution in [0.1, 0.15) is 31.2 Å². The molecule has 0 spiro atoms. The lowest BCUT2D eigenvalue weighted by atomic mass is 9.95. The van der Waals surface area contributed by atoms with Crippen molar-refractivity contribution in [3.05, 3.63) is 35.4 Å². The zero-order chi connectivity index (χ0) is 12.3. The average molecular weight is 260 g/mol. The standard InChI is InChI=1S/C13H16ClF2N/c14-10-1-4-12(5-2-10)17-8-9-7-11(15)3-6-13(9)16/h3,6-7,10,12,17H,1-2,4-5,8H2. The fourth-order valence-electron chi connectivity index (χ4n) is 2.19. The topological polar surface area (TPSA) is 12.0 Å². The van der Waals surface area contributed by atoms with Crippen LogP contribution in [0.4, 0.5) is 8.78 Å². The molecule has 0 aliphatic heterocycles. The molecule has 1 aliphatic rings. The molecule has 17 heavy (non-hydrogen) atoms. The molecule has 1 nitrogen and oxygen atoms in total. The Morgan fingerprint density at radius 3 is 2.59 bits per heavy atom. The predicted octanol–water partition coefficient (Wildman–Crippen LogP) is 3.60. The Balaban J connectivity index is 1.87. The van der Waals surface area contributed by atoms with E-state index in [0.29, 0.717) is 18.2 Å². The molecule has 1 N–H and O–H groups in total. The maximum Gasteiger partial charge on any atom is 0.127 e. The first-order chi connectivity index (χ1) is 8.15. The second kappa shape index (κ2) is 5.78. The van der Waals surface area contributed by atoms with Crippen molar-refractivity contribution < 1.29 is 8.78 Å². The third kappa shape index (κ3) is 3.65. The van der Waals surface area contributed by atoms with E-state index < -0.39 is 5.82 Å². The highest BCUT2D eigenvalue weighted by Gasteiger charge is 2.19. The monoisotopic (exact) mass is 259 g/mol. The number of rotatable bonds is 3. The van der Waals surface area contributed by atoms with E-state index >= 15 is 0 Å². The minimum atomic E-state index is -0.396. The SMILES string of the molecule is Fc1ccc(F)c(CNC2CCC(Cl)CC2)c1. The van der Waals surface area contributed by atoms with Crippen LogP contribution in [0.5, 0.6) is 0 Å². The average Bonchev–Trinajstić information content (AvgIpc) is 2.32. The largest absolute Gasteiger partial charge is 0.310 e. The normalized spacial score (nSPS) is 24.9. The van der Waals surface area contributed by atoms with Gasteiger partial charge in [0.05, 0.1) is 0 Å². The van der Waals surface area contributed by atoms with E-state index in [1.165, 1.54) is 12.1 Å². The summed E-state index contributed by atoms with van der Waals surface area (Å²) in [5.41, 5.74) is 0.387. The third-order valence-corrected chi connectivity index (χ3v) is 3.68. The van der Waals surface area contributed by atoms with E-state index in [1.807, 2.05) is 0 Å². The highest BCUT2D eigenvalue weighted by Crippen LogP contribution is 2.23. The number of hydrogen-bond donors (Lipinski definition) is 1. The third-order valence-electron chi connectivity index (χ3n) is 3.25. The van der Waals surface area contributed by atoms with Gasteiger partial charge in [-0.2, -0.15) is 0 Å². The first kappa shape index (κ1) is 12.8. The minimum absolute atomic E-state index is 0.277. The molecule has 1 aromatic carbocycles. The molecule has 0 amide bonds. The first-order valence-electron chi connectivity index (χ1n) is 5.96. The fraction of sp³-hybridized carbons (Fsp3) is 0.538. The Morgan fingerprint density at radius 1 is 1.18 bits per heavy atom. The molecular weight excluding hydrogens is 244 g/mol. The smallest absolute Gasteiger partial charge is 0.127 e. The molecule has 1 saturated carbocycles. The minimum Gasteiger partial charge on any atom is -0.310 e. The number of hydrogen-bond acceptors (Lipinski definition) is 1. The van der Waals surface area contributed by atoms with Gasteiger partial charge in [-0.3, -0.25) is 0 Å². The summed E-state index contributed by atoms with van der Waals surface area (Å²) < 4.78 is 26.3. The molecule has 0 heterocycles. The van der Waals surface area contributed by atoms with Gasteiger partial charge in [-0.15, -0.1) is 11.6 Å². The molecule has 1 aromatic rings. The molecule has 1 fully saturated rings. The van der Waals surface area contributed by atoms with Gasteiger partial charge in [0.1, 0.15) is 11.6 Å². The highest BCUT2D eigenvalue weighted by atomic mass is 35.5. The molecule has 94 valence electrons. The summed E-state index contributed by atoms with van der Waals surface area (Å²) in [5.74, 6) is -0.752. The van der Waals surface area contributed by atoms with Crippen LogP contribution in [0.2, 0.25) is 0 Å². The molecule has 0 radical (unpaired) electrons. The van der Waals surface area contributed by atoms with E-state index in [4.69, 9.17) is 11.6 Å². The predicted molar refractivity (Wildman–Crippen MR) is 65.1 cm³/mol. The first-order valence-corrected chi connectivity index (χ1v) is 6.40. The molecule has 2 rings (SSSR count). The summed E-state index contributed by atoms with van der Waals surface area (Å²) in [4.78, 5) is 0. The maximum atomic E-state index is 13.4. The Morgan fingerprint density at radius 2 is 1.88 bits per heavy atom. The van der Waals surface area contributed by atoms with Gasteiger partial charge in [0.25, 0.3) is 0 Å². The number of alkyl halides is 1. The van der Waals surface area contributed by atoms with Crippen molar-refractivity contribution >= 4 is 11.6 Å². The van der Waals surface area contributed by atoms with Gasteiger partial charge in [-0.05, 0) is 43.9 Å². The summed E-state index contributed by atoms with van der Waals surface area (Å²) in [6.45, 7) is 0.376. The van der Waals surface area contributed by atoms with Crippen molar-refractivity contribution in [3.8, 4) is 0 Å². The molecule has 4 heteroatoms. The van der Waals surface area contributed by atoms with Gasteiger partial charge < -0.3 is 5.32 Å². The van der Waals surface area contributed by atoms with Gasteiger partial charge in [0, 0.05) is 23.5 Å². The zero-order valence-electron chi connectivity index (χ0n) is 9.56. The van der Waals surface area contributed by atoms with Crippen molar-refractivity contribution in [2.45, 2.75) is 43.6 Å². The lowest BCUT2D eigenvalue weighted by Gasteiger charge is -2.26. The molecule has 0 saturated heterocycles. The van der Waals surface area contributed by atoms with Gasteiger partial charge in [0.15, 0.2) is 0 Å². The number of benzene rings is 1. The van der Waals surface area contributed by atoms with Crippen molar-refractivity contribution in [2.75, 3.05) is 0 Å². The van der Waals surface area contributed by atoms with Gasteiger partial charge in [-0.25, -0.2) is 8.78 Å². The summed E-state index contributed by atoms with van der Waals surface area (Å²) in [7, 11) is 0. The van der Waals surface area contributed by atoms with E-state index in [-0.39, 0.29) is 11.2 Å². The van der Waals surface area contributed by atoms with Crippen LogP contribution in [0.15, 0.2) is 18.2 Å². The molecule has 0 bridgehead atoms. The van der Waals surface area contributed by atoms with Crippen LogP contribution < -0.4 is 5.32 Å². The van der Waals surface area contributed by atoms with Crippen LogP contribution in [0.25, 0.3) is 0 Å². The van der Waals surface area contributed by atoms with Crippen molar-refractivity contribution in [3.63, 3.8) is 0 Å². The van der Waals surface area contributed by atoms with E-state index in [2.05, 4.69) is 5.32 Å². The molecule has 0 unspecified atom stereocenters. The zero-order valence-corrected chi connectivity index (χ0v) is 10.3. The molecule has 0 atom stereocenters. The van der Waals surface area contributed by atoms with E-state index in [1.54, 1.807) is 0 Å². The van der Waals surface area contributed by atoms with Gasteiger partial charge in [0.2, 0.25) is 0 Å². The Kier molecular flexibility index (Phi) is 4.35. The quantitative estimate of drug-likeness (QED) is 0.818. The summed E-state index contributed by atoms with van der Waals surface area (Å²) in [6, 6.07) is 3.92.